The van der Waals surface area contributed by atoms with Crippen LogP contribution in [0.3, 0.4) is 0 Å². The van der Waals surface area contributed by atoms with Crippen molar-refractivity contribution in [3.8, 4) is 11.5 Å². The number of hydrogen-bond donors (Lipinski definition) is 1. The van der Waals surface area contributed by atoms with Crippen LogP contribution in [0.25, 0.3) is 5.78 Å². The largest absolute Gasteiger partial charge is 0.493 e. The van der Waals surface area contributed by atoms with E-state index in [0.29, 0.717) is 30.4 Å². The fraction of sp³-hybridized carbons (Fsp3) is 0.190. The van der Waals surface area contributed by atoms with Gasteiger partial charge in [-0.3, -0.25) is 0 Å². The number of aryl methyl sites for hydroxylation is 1. The van der Waals surface area contributed by atoms with Gasteiger partial charge in [0.2, 0.25) is 0 Å². The van der Waals surface area contributed by atoms with Crippen LogP contribution in [-0.2, 0) is 13.2 Å². The molecule has 0 aliphatic rings. The highest BCUT2D eigenvalue weighted by atomic mass is 16.5. The number of anilines is 1. The third-order valence-electron chi connectivity index (χ3n) is 4.32. The van der Waals surface area contributed by atoms with E-state index in [4.69, 9.17) is 9.47 Å². The molecule has 0 unspecified atom stereocenters. The lowest BCUT2D eigenvalue weighted by molar-refractivity contribution is 0.284. The van der Waals surface area contributed by atoms with Gasteiger partial charge in [0.25, 0.3) is 5.78 Å². The van der Waals surface area contributed by atoms with Crippen molar-refractivity contribution in [1.29, 1.82) is 0 Å². The van der Waals surface area contributed by atoms with Crippen molar-refractivity contribution >= 4 is 11.6 Å². The molecule has 0 spiro atoms. The Hall–Kier alpha value is -3.61. The SMILES string of the molecule is COc1cc(CNc2cc(C)nc3ncnn23)ccc1OCc1ccccc1. The van der Waals surface area contributed by atoms with Crippen LogP contribution in [0.5, 0.6) is 11.5 Å². The molecule has 0 saturated carbocycles. The molecule has 0 saturated heterocycles. The summed E-state index contributed by atoms with van der Waals surface area (Å²) >= 11 is 0. The van der Waals surface area contributed by atoms with E-state index in [-0.39, 0.29) is 0 Å². The van der Waals surface area contributed by atoms with Gasteiger partial charge in [-0.1, -0.05) is 36.4 Å². The van der Waals surface area contributed by atoms with Gasteiger partial charge in [0.1, 0.15) is 18.8 Å². The van der Waals surface area contributed by atoms with E-state index in [1.165, 1.54) is 6.33 Å². The minimum atomic E-state index is 0.495. The van der Waals surface area contributed by atoms with Gasteiger partial charge in [0, 0.05) is 18.3 Å². The third-order valence-corrected chi connectivity index (χ3v) is 4.32. The van der Waals surface area contributed by atoms with Gasteiger partial charge in [0.15, 0.2) is 11.5 Å². The topological polar surface area (TPSA) is 73.6 Å². The lowest BCUT2D eigenvalue weighted by atomic mass is 10.2. The smallest absolute Gasteiger partial charge is 0.254 e. The summed E-state index contributed by atoms with van der Waals surface area (Å²) in [5.41, 5.74) is 3.05. The Morgan fingerprint density at radius 1 is 1.00 bits per heavy atom. The third kappa shape index (κ3) is 3.88. The highest BCUT2D eigenvalue weighted by molar-refractivity contribution is 5.47. The normalized spacial score (nSPS) is 10.8. The first-order valence-corrected chi connectivity index (χ1v) is 8.98. The second kappa shape index (κ2) is 7.96. The number of methoxy groups -OCH3 is 1. The molecule has 0 atom stereocenters. The summed E-state index contributed by atoms with van der Waals surface area (Å²) in [7, 11) is 1.65. The van der Waals surface area contributed by atoms with Gasteiger partial charge < -0.3 is 14.8 Å². The zero-order chi connectivity index (χ0) is 19.3. The summed E-state index contributed by atoms with van der Waals surface area (Å²) in [4.78, 5) is 8.49. The molecule has 7 heteroatoms. The summed E-state index contributed by atoms with van der Waals surface area (Å²) in [5, 5.41) is 7.59. The molecule has 0 radical (unpaired) electrons. The first-order chi connectivity index (χ1) is 13.7. The average molecular weight is 375 g/mol. The molecule has 0 fully saturated rings. The second-order valence-corrected chi connectivity index (χ2v) is 6.37. The van der Waals surface area contributed by atoms with Crippen LogP contribution in [0.15, 0.2) is 60.9 Å². The summed E-state index contributed by atoms with van der Waals surface area (Å²) < 4.78 is 13.1. The van der Waals surface area contributed by atoms with Crippen LogP contribution in [-0.4, -0.2) is 26.7 Å². The van der Waals surface area contributed by atoms with E-state index < -0.39 is 0 Å². The first kappa shape index (κ1) is 17.8. The molecule has 28 heavy (non-hydrogen) atoms. The van der Waals surface area contributed by atoms with Gasteiger partial charge in [-0.15, -0.1) is 0 Å². The number of rotatable bonds is 7. The Morgan fingerprint density at radius 3 is 2.68 bits per heavy atom. The summed E-state index contributed by atoms with van der Waals surface area (Å²) in [5.74, 6) is 2.83. The quantitative estimate of drug-likeness (QED) is 0.532. The molecule has 1 N–H and O–H groups in total. The van der Waals surface area contributed by atoms with Crippen LogP contribution in [0.2, 0.25) is 0 Å². The van der Waals surface area contributed by atoms with E-state index in [9.17, 15) is 0 Å². The minimum absolute atomic E-state index is 0.495. The van der Waals surface area contributed by atoms with Crippen LogP contribution in [0.1, 0.15) is 16.8 Å². The first-order valence-electron chi connectivity index (χ1n) is 8.98. The second-order valence-electron chi connectivity index (χ2n) is 6.37. The lowest BCUT2D eigenvalue weighted by Gasteiger charge is -2.13. The maximum absolute atomic E-state index is 5.92. The molecule has 142 valence electrons. The molecule has 2 aromatic carbocycles. The van der Waals surface area contributed by atoms with Gasteiger partial charge >= 0.3 is 0 Å². The highest BCUT2D eigenvalue weighted by Crippen LogP contribution is 2.29. The van der Waals surface area contributed by atoms with Crippen LogP contribution < -0.4 is 14.8 Å². The Labute approximate surface area is 163 Å². The van der Waals surface area contributed by atoms with Crippen molar-refractivity contribution in [2.45, 2.75) is 20.1 Å². The van der Waals surface area contributed by atoms with E-state index in [1.54, 1.807) is 11.6 Å². The Morgan fingerprint density at radius 2 is 1.86 bits per heavy atom. The number of ether oxygens (including phenoxy) is 2. The van der Waals surface area contributed by atoms with Crippen LogP contribution >= 0.6 is 0 Å². The van der Waals surface area contributed by atoms with Crippen molar-refractivity contribution in [3.05, 3.63) is 77.7 Å². The fourth-order valence-electron chi connectivity index (χ4n) is 2.93. The summed E-state index contributed by atoms with van der Waals surface area (Å²) in [6.45, 7) is 3.03. The van der Waals surface area contributed by atoms with Crippen molar-refractivity contribution in [2.75, 3.05) is 12.4 Å². The molecular formula is C21H21N5O2. The maximum atomic E-state index is 5.92. The predicted molar refractivity (Wildman–Crippen MR) is 107 cm³/mol. The molecule has 0 bridgehead atoms. The number of nitrogens with one attached hydrogen (secondary N) is 1. The molecule has 0 aliphatic heterocycles. The van der Waals surface area contributed by atoms with E-state index >= 15 is 0 Å². The van der Waals surface area contributed by atoms with Gasteiger partial charge in [-0.2, -0.15) is 14.6 Å². The zero-order valence-electron chi connectivity index (χ0n) is 15.8. The van der Waals surface area contributed by atoms with E-state index in [0.717, 1.165) is 22.6 Å². The van der Waals surface area contributed by atoms with Gasteiger partial charge in [-0.25, -0.2) is 4.98 Å². The van der Waals surface area contributed by atoms with Gasteiger partial charge in [-0.05, 0) is 30.2 Å². The van der Waals surface area contributed by atoms with Crippen molar-refractivity contribution < 1.29 is 9.47 Å². The molecule has 2 aromatic heterocycles. The fourth-order valence-corrected chi connectivity index (χ4v) is 2.93. The molecule has 7 nitrogen and oxygen atoms in total. The maximum Gasteiger partial charge on any atom is 0.254 e. The van der Waals surface area contributed by atoms with Gasteiger partial charge in [0.05, 0.1) is 7.11 Å². The Balaban J connectivity index is 1.47. The average Bonchev–Trinajstić information content (AvgIpc) is 3.20. The summed E-state index contributed by atoms with van der Waals surface area (Å²) in [6.07, 6.45) is 1.49. The predicted octanol–water partition coefficient (Wildman–Crippen LogP) is 3.63. The molecule has 4 aromatic rings. The number of aromatic nitrogens is 4. The molecule has 4 rings (SSSR count). The number of hydrogen-bond acceptors (Lipinski definition) is 6. The van der Waals surface area contributed by atoms with Crippen molar-refractivity contribution in [2.24, 2.45) is 0 Å². The molecule has 0 aliphatic carbocycles. The minimum Gasteiger partial charge on any atom is -0.493 e. The molecule has 0 amide bonds. The summed E-state index contributed by atoms with van der Waals surface area (Å²) in [6, 6.07) is 17.9. The van der Waals surface area contributed by atoms with E-state index in [1.807, 2.05) is 61.5 Å². The number of nitrogens with zero attached hydrogens (tertiary/aromatic N) is 4. The van der Waals surface area contributed by atoms with Crippen LogP contribution in [0.4, 0.5) is 5.82 Å². The Bertz CT molecular complexity index is 1080. The van der Waals surface area contributed by atoms with Crippen LogP contribution in [0, 0.1) is 6.92 Å². The van der Waals surface area contributed by atoms with Crippen molar-refractivity contribution in [1.82, 2.24) is 19.6 Å². The van der Waals surface area contributed by atoms with Crippen molar-refractivity contribution in [3.63, 3.8) is 0 Å². The zero-order valence-corrected chi connectivity index (χ0v) is 15.8. The number of fused-ring (bicyclic) bond motifs is 1. The Kier molecular flexibility index (Phi) is 5.05. The monoisotopic (exact) mass is 375 g/mol. The molecule has 2 heterocycles. The standard InChI is InChI=1S/C21H21N5O2/c1-15-10-20(26-21(25-15)23-14-24-26)22-12-17-8-9-18(19(11-17)27-2)28-13-16-6-4-3-5-7-16/h3-11,14,22H,12-13H2,1-2H3. The molecular weight excluding hydrogens is 354 g/mol. The lowest BCUT2D eigenvalue weighted by Crippen LogP contribution is -2.07. The highest BCUT2D eigenvalue weighted by Gasteiger charge is 2.09. The number of benzene rings is 2. The van der Waals surface area contributed by atoms with E-state index in [2.05, 4.69) is 20.4 Å².